The quantitative estimate of drug-likeness (QED) is 0.612. The molecule has 0 fully saturated rings. The Morgan fingerprint density at radius 1 is 1.47 bits per heavy atom. The number of non-ortho nitro benzene ring substituents is 1. The van der Waals surface area contributed by atoms with E-state index in [9.17, 15) is 23.3 Å². The molecular formula is C10H12N2O6S. The summed E-state index contributed by atoms with van der Waals surface area (Å²) in [7, 11) is -3.71. The third-order valence-corrected chi connectivity index (χ3v) is 3.45. The van der Waals surface area contributed by atoms with Crippen molar-refractivity contribution in [3.63, 3.8) is 0 Å². The summed E-state index contributed by atoms with van der Waals surface area (Å²) in [6.07, 6.45) is 0.517. The fraction of sp³-hybridized carbons (Fsp3) is 0.300. The maximum atomic E-state index is 11.6. The average molecular weight is 288 g/mol. The third kappa shape index (κ3) is 4.21. The number of carboxylic acid groups (broad SMARTS) is 1. The zero-order valence-corrected chi connectivity index (χ0v) is 10.8. The lowest BCUT2D eigenvalue weighted by molar-refractivity contribution is -0.384. The van der Waals surface area contributed by atoms with Gasteiger partial charge in [0.15, 0.2) is 0 Å². The first-order valence-electron chi connectivity index (χ1n) is 5.16. The highest BCUT2D eigenvalue weighted by Gasteiger charge is 2.20. The van der Waals surface area contributed by atoms with Crippen LogP contribution in [0.5, 0.6) is 0 Å². The Morgan fingerprint density at radius 2 is 2.11 bits per heavy atom. The predicted octanol–water partition coefficient (Wildman–Crippen LogP) is 0.835. The van der Waals surface area contributed by atoms with Crippen molar-refractivity contribution in [2.45, 2.75) is 6.42 Å². The summed E-state index contributed by atoms with van der Waals surface area (Å²) in [5, 5.41) is 19.2. The second-order valence-corrected chi connectivity index (χ2v) is 5.66. The Bertz CT molecular complexity index is 598. The molecule has 0 unspecified atom stereocenters. The maximum Gasteiger partial charge on any atom is 0.305 e. The van der Waals surface area contributed by atoms with Crippen LogP contribution >= 0.6 is 0 Å². The lowest BCUT2D eigenvalue weighted by atomic mass is 10.2. The minimum Gasteiger partial charge on any atom is -0.481 e. The van der Waals surface area contributed by atoms with E-state index >= 15 is 0 Å². The van der Waals surface area contributed by atoms with Gasteiger partial charge in [-0.3, -0.25) is 19.2 Å². The number of anilines is 1. The van der Waals surface area contributed by atoms with Crippen molar-refractivity contribution in [2.75, 3.05) is 17.1 Å². The largest absolute Gasteiger partial charge is 0.481 e. The number of nitro benzene ring substituents is 1. The lowest BCUT2D eigenvalue weighted by Gasteiger charge is -2.21. The molecule has 1 aromatic carbocycles. The molecule has 1 N–H and O–H groups in total. The van der Waals surface area contributed by atoms with Crippen LogP contribution in [0, 0.1) is 10.1 Å². The van der Waals surface area contributed by atoms with Gasteiger partial charge in [-0.25, -0.2) is 8.42 Å². The van der Waals surface area contributed by atoms with Gasteiger partial charge < -0.3 is 5.11 Å². The lowest BCUT2D eigenvalue weighted by Crippen LogP contribution is -2.32. The number of aliphatic carboxylic acids is 1. The van der Waals surface area contributed by atoms with E-state index < -0.39 is 27.3 Å². The first kappa shape index (κ1) is 14.9. The van der Waals surface area contributed by atoms with Crippen LogP contribution in [0.3, 0.4) is 0 Å². The van der Waals surface area contributed by atoms with Crippen LogP contribution in [0.15, 0.2) is 24.3 Å². The molecule has 1 rings (SSSR count). The summed E-state index contributed by atoms with van der Waals surface area (Å²) >= 11 is 0. The summed E-state index contributed by atoms with van der Waals surface area (Å²) < 4.78 is 24.0. The molecule has 0 amide bonds. The zero-order valence-electron chi connectivity index (χ0n) is 10.0. The van der Waals surface area contributed by atoms with Crippen LogP contribution in [0.25, 0.3) is 0 Å². The Hall–Kier alpha value is -2.16. The van der Waals surface area contributed by atoms with Crippen LogP contribution in [0.4, 0.5) is 11.4 Å². The molecule has 0 aromatic heterocycles. The molecule has 0 radical (unpaired) electrons. The Morgan fingerprint density at radius 3 is 2.58 bits per heavy atom. The summed E-state index contributed by atoms with van der Waals surface area (Å²) in [6.45, 7) is -0.282. The average Bonchev–Trinajstić information content (AvgIpc) is 2.27. The topological polar surface area (TPSA) is 118 Å². The summed E-state index contributed by atoms with van der Waals surface area (Å²) in [4.78, 5) is 20.5. The molecule has 104 valence electrons. The van der Waals surface area contributed by atoms with Gasteiger partial charge in [0, 0.05) is 18.7 Å². The van der Waals surface area contributed by atoms with E-state index in [1.165, 1.54) is 18.2 Å². The predicted molar refractivity (Wildman–Crippen MR) is 67.5 cm³/mol. The van der Waals surface area contributed by atoms with E-state index in [2.05, 4.69) is 0 Å². The molecule has 0 saturated carbocycles. The van der Waals surface area contributed by atoms with E-state index in [1.807, 2.05) is 0 Å². The summed E-state index contributed by atoms with van der Waals surface area (Å²) in [6, 6.07) is 5.02. The van der Waals surface area contributed by atoms with Gasteiger partial charge in [0.05, 0.1) is 23.3 Å². The molecule has 0 atom stereocenters. The zero-order chi connectivity index (χ0) is 14.6. The summed E-state index contributed by atoms with van der Waals surface area (Å²) in [5.41, 5.74) is -0.195. The van der Waals surface area contributed by atoms with Gasteiger partial charge in [-0.05, 0) is 6.07 Å². The Balaban J connectivity index is 3.14. The van der Waals surface area contributed by atoms with E-state index in [0.29, 0.717) is 0 Å². The molecule has 8 nitrogen and oxygen atoms in total. The SMILES string of the molecule is CS(=O)(=O)N(CCC(=O)O)c1cccc([N+](=O)[O-])c1. The van der Waals surface area contributed by atoms with Crippen molar-refractivity contribution >= 4 is 27.4 Å². The van der Waals surface area contributed by atoms with Gasteiger partial charge in [-0.2, -0.15) is 0 Å². The first-order chi connectivity index (χ1) is 8.71. The minimum absolute atomic E-state index is 0.0675. The van der Waals surface area contributed by atoms with E-state index in [0.717, 1.165) is 16.6 Å². The number of carboxylic acids is 1. The highest BCUT2D eigenvalue weighted by Crippen LogP contribution is 2.23. The van der Waals surface area contributed by atoms with Gasteiger partial charge in [-0.1, -0.05) is 6.07 Å². The fourth-order valence-corrected chi connectivity index (χ4v) is 2.36. The molecule has 0 saturated heterocycles. The number of carbonyl (C=O) groups is 1. The number of nitrogens with zero attached hydrogens (tertiary/aromatic N) is 2. The molecule has 19 heavy (non-hydrogen) atoms. The maximum absolute atomic E-state index is 11.6. The van der Waals surface area contributed by atoms with Crippen molar-refractivity contribution in [1.29, 1.82) is 0 Å². The van der Waals surface area contributed by atoms with Gasteiger partial charge in [0.2, 0.25) is 10.0 Å². The molecular weight excluding hydrogens is 276 g/mol. The second kappa shape index (κ2) is 5.65. The standard InChI is InChI=1S/C10H12N2O6S/c1-19(17,18)11(6-5-10(13)14)8-3-2-4-9(7-8)12(15)16/h2-4,7H,5-6H2,1H3,(H,13,14). The summed E-state index contributed by atoms with van der Waals surface area (Å²) in [5.74, 6) is -1.15. The number of hydrogen-bond acceptors (Lipinski definition) is 5. The molecule has 0 aliphatic heterocycles. The van der Waals surface area contributed by atoms with Crippen molar-refractivity contribution in [3.8, 4) is 0 Å². The number of hydrogen-bond donors (Lipinski definition) is 1. The van der Waals surface area contributed by atoms with Crippen LogP contribution in [0.1, 0.15) is 6.42 Å². The number of benzene rings is 1. The van der Waals surface area contributed by atoms with Crippen LogP contribution in [-0.4, -0.2) is 37.2 Å². The van der Waals surface area contributed by atoms with Crippen LogP contribution < -0.4 is 4.31 Å². The highest BCUT2D eigenvalue weighted by molar-refractivity contribution is 7.92. The highest BCUT2D eigenvalue weighted by atomic mass is 32.2. The molecule has 9 heteroatoms. The van der Waals surface area contributed by atoms with Gasteiger partial charge in [0.1, 0.15) is 0 Å². The van der Waals surface area contributed by atoms with E-state index in [-0.39, 0.29) is 17.9 Å². The third-order valence-electron chi connectivity index (χ3n) is 2.26. The van der Waals surface area contributed by atoms with Crippen molar-refractivity contribution in [1.82, 2.24) is 0 Å². The number of rotatable bonds is 6. The van der Waals surface area contributed by atoms with E-state index in [4.69, 9.17) is 5.11 Å². The molecule has 0 bridgehead atoms. The smallest absolute Gasteiger partial charge is 0.305 e. The Labute approximate surface area is 109 Å². The molecule has 1 aromatic rings. The van der Waals surface area contributed by atoms with Crippen LogP contribution in [-0.2, 0) is 14.8 Å². The molecule has 0 heterocycles. The number of sulfonamides is 1. The molecule has 0 aliphatic carbocycles. The monoisotopic (exact) mass is 288 g/mol. The van der Waals surface area contributed by atoms with Gasteiger partial charge in [-0.15, -0.1) is 0 Å². The Kier molecular flexibility index (Phi) is 4.43. The normalized spacial score (nSPS) is 11.0. The molecule has 0 spiro atoms. The van der Waals surface area contributed by atoms with Crippen molar-refractivity contribution in [2.24, 2.45) is 0 Å². The van der Waals surface area contributed by atoms with Gasteiger partial charge >= 0.3 is 5.97 Å². The molecule has 0 aliphatic rings. The fourth-order valence-electron chi connectivity index (χ4n) is 1.45. The number of nitro groups is 1. The van der Waals surface area contributed by atoms with Crippen molar-refractivity contribution < 1.29 is 23.2 Å². The van der Waals surface area contributed by atoms with Crippen molar-refractivity contribution in [3.05, 3.63) is 34.4 Å². The second-order valence-electron chi connectivity index (χ2n) is 3.76. The van der Waals surface area contributed by atoms with E-state index in [1.54, 1.807) is 0 Å². The van der Waals surface area contributed by atoms with Crippen LogP contribution in [0.2, 0.25) is 0 Å². The van der Waals surface area contributed by atoms with Gasteiger partial charge in [0.25, 0.3) is 5.69 Å². The minimum atomic E-state index is -3.71. The first-order valence-corrected chi connectivity index (χ1v) is 7.00.